The monoisotopic (exact) mass is 822 g/mol. The predicted octanol–water partition coefficient (Wildman–Crippen LogP) is -10.8. The Morgan fingerprint density at radius 3 is 1.35 bits per heavy atom. The molecule has 19 N–H and O–H groups in total. The maximum atomic E-state index is 10.1. The van der Waals surface area contributed by atoms with Crippen molar-refractivity contribution in [3.8, 4) is 0 Å². The summed E-state index contributed by atoms with van der Waals surface area (Å²) in [5.74, 6) is 0. The lowest BCUT2D eigenvalue weighted by atomic mass is 9.99. The van der Waals surface area contributed by atoms with E-state index in [0.29, 0.717) is 13.1 Å². The molecule has 0 amide bonds. The van der Waals surface area contributed by atoms with Crippen LogP contribution in [0.2, 0.25) is 0 Å². The molecule has 0 spiro atoms. The summed E-state index contributed by atoms with van der Waals surface area (Å²) in [5.41, 5.74) is -0.917. The van der Waals surface area contributed by atoms with Crippen molar-refractivity contribution >= 4 is 0 Å². The molecule has 1 heterocycles. The van der Waals surface area contributed by atoms with Gasteiger partial charge in [0.25, 0.3) is 0 Å². The van der Waals surface area contributed by atoms with Crippen molar-refractivity contribution in [2.24, 2.45) is 0 Å². The topological polar surface area (TPSA) is 404 Å². The maximum absolute atomic E-state index is 10.1. The number of likely N-dealkylation sites (N-methyl/N-ethyl adjacent to an activating group) is 4. The summed E-state index contributed by atoms with van der Waals surface area (Å²) in [6.07, 6.45) is -20.1. The number of rotatable bonds is 21. The lowest BCUT2D eigenvalue weighted by Gasteiger charge is -2.42. The van der Waals surface area contributed by atoms with Crippen LogP contribution in [-0.2, 0) is 9.47 Å². The molecule has 1 rings (SSSR count). The molecule has 13 unspecified atom stereocenters. The number of hydrogen-bond donors (Lipinski definition) is 19. The smallest absolute Gasteiger partial charge is 0.187 e. The highest BCUT2D eigenvalue weighted by Gasteiger charge is 2.47. The van der Waals surface area contributed by atoms with Gasteiger partial charge in [0.05, 0.1) is 58.4 Å². The van der Waals surface area contributed by atoms with Crippen LogP contribution in [0.25, 0.3) is 0 Å². The highest BCUT2D eigenvalue weighted by molar-refractivity contribution is 4.91. The molecule has 0 bridgehead atoms. The van der Waals surface area contributed by atoms with Crippen LogP contribution in [-0.4, -0.2) is 300 Å². The summed E-state index contributed by atoms with van der Waals surface area (Å²) in [6.45, 7) is -1.36. The van der Waals surface area contributed by atoms with E-state index in [1.165, 1.54) is 38.0 Å². The zero-order valence-electron chi connectivity index (χ0n) is 31.8. The van der Waals surface area contributed by atoms with Crippen molar-refractivity contribution in [3.63, 3.8) is 0 Å². The van der Waals surface area contributed by atoms with Crippen LogP contribution in [0.4, 0.5) is 0 Å². The first-order valence-electron chi connectivity index (χ1n) is 16.8. The van der Waals surface area contributed by atoms with Gasteiger partial charge in [0.15, 0.2) is 6.29 Å². The SMILES string of the molecule is C.CN(C)C(O)C(O)C(O)C(O)CO.CN(C)C(O)C(O)C(OC1OC(CO)C(O)C(O)C1O)C(O)CO.CN(CCO)CCO.CNC(CO)(CO)CO. The lowest BCUT2D eigenvalue weighted by Crippen LogP contribution is -2.62. The van der Waals surface area contributed by atoms with Crippen molar-refractivity contribution in [1.82, 2.24) is 20.0 Å². The molecule has 0 aliphatic carbocycles. The van der Waals surface area contributed by atoms with E-state index in [-0.39, 0.29) is 40.5 Å². The molecular weight excluding hydrogens is 748 g/mol. The third-order valence-electron chi connectivity index (χ3n) is 8.04. The molecule has 1 aliphatic heterocycles. The molecule has 338 valence electrons. The standard InChI is InChI=1S/C13H27NO10.C7H17NO5.C5H13NO3.C5H13NO2.CH4/c1-14(2)12(22)10(21)11(5(17)3-15)24-13-9(20)8(19)7(18)6(4-16)23-13;1-8(2)7(13)6(12)5(11)4(10)3-9;1-6-5(2-7,3-8)4-9;1-6(2-4-7)3-5-8;/h5-13,15-22H,3-4H2,1-2H3;4-7,9-13H,3H2,1-2H3;6-9H,2-4H2,1H3;7-8H,2-5H2,1H3;1H4. The third-order valence-corrected chi connectivity index (χ3v) is 8.04. The average molecular weight is 823 g/mol. The predicted molar refractivity (Wildman–Crippen MR) is 194 cm³/mol. The van der Waals surface area contributed by atoms with Crippen LogP contribution < -0.4 is 5.32 Å². The van der Waals surface area contributed by atoms with Crippen LogP contribution in [0.3, 0.4) is 0 Å². The quantitative estimate of drug-likeness (QED) is 0.0478. The largest absolute Gasteiger partial charge is 0.395 e. The number of aliphatic hydroxyl groups is 18. The average Bonchev–Trinajstić information content (AvgIpc) is 3.16. The molecule has 13 atom stereocenters. The fraction of sp³-hybridized carbons (Fsp3) is 1.00. The maximum Gasteiger partial charge on any atom is 0.187 e. The number of nitrogens with one attached hydrogen (secondary N) is 1. The molecule has 0 aromatic carbocycles. The molecule has 55 heavy (non-hydrogen) atoms. The summed E-state index contributed by atoms with van der Waals surface area (Å²) in [4.78, 5) is 4.36. The normalized spacial score (nSPS) is 24.4. The number of hydrogen-bond acceptors (Lipinski definition) is 24. The van der Waals surface area contributed by atoms with E-state index in [1.807, 2.05) is 11.9 Å². The summed E-state index contributed by atoms with van der Waals surface area (Å²) >= 11 is 0. The molecular formula is C31H74N4O20. The third kappa shape index (κ3) is 22.1. The van der Waals surface area contributed by atoms with Gasteiger partial charge in [0.2, 0.25) is 0 Å². The molecule has 24 heteroatoms. The van der Waals surface area contributed by atoms with E-state index in [1.54, 1.807) is 7.05 Å². The molecule has 0 radical (unpaired) electrons. The summed E-state index contributed by atoms with van der Waals surface area (Å²) < 4.78 is 10.4. The molecule has 0 saturated carbocycles. The Hall–Kier alpha value is -0.960. The minimum Gasteiger partial charge on any atom is -0.395 e. The fourth-order valence-electron chi connectivity index (χ4n) is 3.97. The van der Waals surface area contributed by atoms with Crippen LogP contribution >= 0.6 is 0 Å². The van der Waals surface area contributed by atoms with Crippen LogP contribution in [0.1, 0.15) is 7.43 Å². The van der Waals surface area contributed by atoms with Crippen LogP contribution in [0, 0.1) is 0 Å². The van der Waals surface area contributed by atoms with Gasteiger partial charge in [-0.05, 0) is 42.3 Å². The van der Waals surface area contributed by atoms with Gasteiger partial charge in [0, 0.05) is 13.1 Å². The first-order valence-corrected chi connectivity index (χ1v) is 16.8. The lowest BCUT2D eigenvalue weighted by molar-refractivity contribution is -0.329. The van der Waals surface area contributed by atoms with Gasteiger partial charge in [-0.2, -0.15) is 0 Å². The van der Waals surface area contributed by atoms with Crippen LogP contribution in [0.15, 0.2) is 0 Å². The van der Waals surface area contributed by atoms with Gasteiger partial charge in [-0.25, -0.2) is 0 Å². The summed E-state index contributed by atoms with van der Waals surface area (Å²) in [7, 11) is 9.33. The number of nitrogens with zero attached hydrogens (tertiary/aromatic N) is 3. The highest BCUT2D eigenvalue weighted by Crippen LogP contribution is 2.25. The number of aliphatic hydroxyl groups excluding tert-OH is 18. The molecule has 1 aliphatic rings. The zero-order valence-corrected chi connectivity index (χ0v) is 31.8. The first kappa shape index (κ1) is 60.7. The fourth-order valence-corrected chi connectivity index (χ4v) is 3.97. The van der Waals surface area contributed by atoms with E-state index in [0.717, 1.165) is 0 Å². The van der Waals surface area contributed by atoms with Gasteiger partial charge in [-0.1, -0.05) is 7.43 Å². The minimum absolute atomic E-state index is 0. The van der Waals surface area contributed by atoms with Gasteiger partial charge in [-0.3, -0.25) is 9.80 Å². The Bertz CT molecular complexity index is 847. The second kappa shape index (κ2) is 32.9. The highest BCUT2D eigenvalue weighted by atomic mass is 16.7. The molecule has 24 nitrogen and oxygen atoms in total. The minimum atomic E-state index is -1.75. The Kier molecular flexibility index (Phi) is 36.4. The van der Waals surface area contributed by atoms with Gasteiger partial charge in [-0.15, -0.1) is 0 Å². The van der Waals surface area contributed by atoms with Crippen molar-refractivity contribution in [2.75, 3.05) is 108 Å². The first-order chi connectivity index (χ1) is 25.1. The summed E-state index contributed by atoms with van der Waals surface area (Å²) in [5, 5.41) is 167. The Balaban J connectivity index is -0.000000353. The molecule has 1 fully saturated rings. The van der Waals surface area contributed by atoms with E-state index in [4.69, 9.17) is 60.5 Å². The zero-order chi connectivity index (χ0) is 42.9. The van der Waals surface area contributed by atoms with E-state index in [2.05, 4.69) is 5.32 Å². The van der Waals surface area contributed by atoms with Crippen molar-refractivity contribution < 1.29 is 101 Å². The van der Waals surface area contributed by atoms with E-state index < -0.39 is 105 Å². The molecule has 0 aromatic rings. The Morgan fingerprint density at radius 2 is 1.04 bits per heavy atom. The Morgan fingerprint density at radius 1 is 0.618 bits per heavy atom. The number of ether oxygens (including phenoxy) is 2. The Labute approximate surface area is 322 Å². The summed E-state index contributed by atoms with van der Waals surface area (Å²) in [6, 6.07) is 0. The molecule has 1 saturated heterocycles. The second-order valence-corrected chi connectivity index (χ2v) is 12.8. The van der Waals surface area contributed by atoms with Gasteiger partial charge < -0.3 is 112 Å². The van der Waals surface area contributed by atoms with Crippen molar-refractivity contribution in [2.45, 2.75) is 92.8 Å². The van der Waals surface area contributed by atoms with Gasteiger partial charge in [0.1, 0.15) is 73.5 Å². The van der Waals surface area contributed by atoms with Crippen molar-refractivity contribution in [1.29, 1.82) is 0 Å². The van der Waals surface area contributed by atoms with Crippen molar-refractivity contribution in [3.05, 3.63) is 0 Å². The molecule has 0 aromatic heterocycles. The van der Waals surface area contributed by atoms with E-state index in [9.17, 15) is 40.9 Å². The van der Waals surface area contributed by atoms with Crippen LogP contribution in [0.5, 0.6) is 0 Å². The second-order valence-electron chi connectivity index (χ2n) is 12.8. The van der Waals surface area contributed by atoms with Gasteiger partial charge >= 0.3 is 0 Å². The van der Waals surface area contributed by atoms with E-state index >= 15 is 0 Å².